The van der Waals surface area contributed by atoms with Crippen LogP contribution in [0.15, 0.2) is 59.5 Å². The molecule has 2 aliphatic rings. The molecule has 4 rings (SSSR count). The number of carbonyl (C=O) groups is 1. The van der Waals surface area contributed by atoms with Gasteiger partial charge in [0, 0.05) is 25.7 Å². The average Bonchev–Trinajstić information content (AvgIpc) is 2.83. The topological polar surface area (TPSA) is 104 Å². The molecule has 35 heavy (non-hydrogen) atoms. The summed E-state index contributed by atoms with van der Waals surface area (Å²) >= 11 is 0. The van der Waals surface area contributed by atoms with Gasteiger partial charge in [0.05, 0.1) is 18.2 Å². The predicted molar refractivity (Wildman–Crippen MR) is 130 cm³/mol. The Hall–Kier alpha value is -2.34. The molecule has 0 radical (unpaired) electrons. The fourth-order valence-corrected chi connectivity index (χ4v) is 7.57. The lowest BCUT2D eigenvalue weighted by Crippen LogP contribution is -2.51. The number of carbonyl (C=O) groups excluding carboxylic acids is 1. The summed E-state index contributed by atoms with van der Waals surface area (Å²) in [6.07, 6.45) is 3.04. The van der Waals surface area contributed by atoms with Crippen molar-refractivity contribution < 1.29 is 26.0 Å². The number of piperidine rings is 2. The van der Waals surface area contributed by atoms with E-state index in [0.29, 0.717) is 38.8 Å². The number of amides is 1. The number of nitrogens with zero attached hydrogens (tertiary/aromatic N) is 2. The summed E-state index contributed by atoms with van der Waals surface area (Å²) < 4.78 is 68.6. The third-order valence-electron chi connectivity index (χ3n) is 6.68. The number of benzene rings is 2. The molecular formula is C24H30FN3O5S2. The lowest BCUT2D eigenvalue weighted by Gasteiger charge is -2.41. The van der Waals surface area contributed by atoms with Crippen molar-refractivity contribution in [3.8, 4) is 0 Å². The Morgan fingerprint density at radius 1 is 0.914 bits per heavy atom. The molecule has 2 aromatic rings. The van der Waals surface area contributed by atoms with Crippen LogP contribution in [0.5, 0.6) is 0 Å². The number of hydrogen-bond acceptors (Lipinski definition) is 5. The van der Waals surface area contributed by atoms with Crippen molar-refractivity contribution in [1.82, 2.24) is 13.9 Å². The summed E-state index contributed by atoms with van der Waals surface area (Å²) in [5.41, 5.74) is 0.797. The molecule has 2 atom stereocenters. The quantitative estimate of drug-likeness (QED) is 0.627. The molecule has 0 aromatic heterocycles. The second-order valence-electron chi connectivity index (χ2n) is 9.20. The highest BCUT2D eigenvalue weighted by Gasteiger charge is 2.42. The lowest BCUT2D eigenvalue weighted by atomic mass is 9.89. The van der Waals surface area contributed by atoms with E-state index in [9.17, 15) is 26.0 Å². The largest absolute Gasteiger partial charge is 0.342 e. The van der Waals surface area contributed by atoms with Crippen LogP contribution in [-0.4, -0.2) is 63.9 Å². The van der Waals surface area contributed by atoms with E-state index < -0.39 is 42.7 Å². The van der Waals surface area contributed by atoms with Crippen molar-refractivity contribution in [2.45, 2.75) is 42.7 Å². The van der Waals surface area contributed by atoms with Crippen molar-refractivity contribution in [2.75, 3.05) is 25.9 Å². The van der Waals surface area contributed by atoms with Gasteiger partial charge in [0.15, 0.2) is 0 Å². The first-order valence-corrected chi connectivity index (χ1v) is 15.0. The van der Waals surface area contributed by atoms with Crippen molar-refractivity contribution in [3.63, 3.8) is 0 Å². The van der Waals surface area contributed by atoms with Crippen LogP contribution >= 0.6 is 0 Å². The fourth-order valence-electron chi connectivity index (χ4n) is 4.97. The molecule has 8 nitrogen and oxygen atoms in total. The second kappa shape index (κ2) is 10.3. The van der Waals surface area contributed by atoms with Crippen LogP contribution in [0.2, 0.25) is 0 Å². The number of sulfonamides is 2. The van der Waals surface area contributed by atoms with Gasteiger partial charge in [-0.05, 0) is 43.4 Å². The molecular weight excluding hydrogens is 493 g/mol. The van der Waals surface area contributed by atoms with Crippen LogP contribution < -0.4 is 4.72 Å². The van der Waals surface area contributed by atoms with E-state index in [4.69, 9.17) is 0 Å². The Morgan fingerprint density at radius 2 is 1.54 bits per heavy atom. The summed E-state index contributed by atoms with van der Waals surface area (Å²) in [5.74, 6) is -1.54. The lowest BCUT2D eigenvalue weighted by molar-refractivity contribution is -0.138. The fraction of sp³-hybridized carbons (Fsp3) is 0.458. The Balaban J connectivity index is 1.55. The van der Waals surface area contributed by atoms with Crippen molar-refractivity contribution in [2.24, 2.45) is 5.92 Å². The number of likely N-dealkylation sites (tertiary alicyclic amines) is 1. The van der Waals surface area contributed by atoms with Gasteiger partial charge in [-0.1, -0.05) is 42.5 Å². The van der Waals surface area contributed by atoms with Crippen molar-refractivity contribution in [1.29, 1.82) is 0 Å². The van der Waals surface area contributed by atoms with E-state index in [1.165, 1.54) is 22.5 Å². The van der Waals surface area contributed by atoms with Gasteiger partial charge >= 0.3 is 0 Å². The predicted octanol–water partition coefficient (Wildman–Crippen LogP) is 2.51. The highest BCUT2D eigenvalue weighted by molar-refractivity contribution is 7.89. The molecule has 0 spiro atoms. The van der Waals surface area contributed by atoms with Crippen LogP contribution in [0.1, 0.15) is 37.3 Å². The monoisotopic (exact) mass is 523 g/mol. The summed E-state index contributed by atoms with van der Waals surface area (Å²) in [6.45, 7) is 0.742. The minimum atomic E-state index is -4.21. The zero-order chi connectivity index (χ0) is 25.2. The minimum absolute atomic E-state index is 0.0451. The van der Waals surface area contributed by atoms with Gasteiger partial charge in [-0.15, -0.1) is 0 Å². The third-order valence-corrected chi connectivity index (χ3v) is 9.35. The second-order valence-corrected chi connectivity index (χ2v) is 12.8. The van der Waals surface area contributed by atoms with Gasteiger partial charge in [0.1, 0.15) is 10.7 Å². The summed E-state index contributed by atoms with van der Waals surface area (Å²) in [5, 5.41) is 0. The number of halogens is 1. The van der Waals surface area contributed by atoms with E-state index in [1.807, 2.05) is 30.3 Å². The van der Waals surface area contributed by atoms with Gasteiger partial charge in [-0.3, -0.25) is 4.79 Å². The number of nitrogens with one attached hydrogen (secondary N) is 1. The maximum atomic E-state index is 14.5. The number of hydrogen-bond donors (Lipinski definition) is 1. The third kappa shape index (κ3) is 5.91. The van der Waals surface area contributed by atoms with Gasteiger partial charge in [0.2, 0.25) is 26.0 Å². The van der Waals surface area contributed by atoms with E-state index in [2.05, 4.69) is 4.72 Å². The molecule has 0 saturated carbocycles. The van der Waals surface area contributed by atoms with E-state index in [0.717, 1.165) is 17.9 Å². The van der Waals surface area contributed by atoms with Crippen LogP contribution in [0.25, 0.3) is 0 Å². The molecule has 0 bridgehead atoms. The van der Waals surface area contributed by atoms with Gasteiger partial charge in [-0.25, -0.2) is 25.9 Å². The zero-order valence-electron chi connectivity index (χ0n) is 19.5. The van der Waals surface area contributed by atoms with Gasteiger partial charge in [0.25, 0.3) is 0 Å². The van der Waals surface area contributed by atoms with Crippen LogP contribution in [0.3, 0.4) is 0 Å². The van der Waals surface area contributed by atoms with E-state index in [-0.39, 0.29) is 18.5 Å². The molecule has 11 heteroatoms. The Morgan fingerprint density at radius 3 is 2.17 bits per heavy atom. The first-order chi connectivity index (χ1) is 16.6. The molecule has 2 heterocycles. The average molecular weight is 524 g/mol. The van der Waals surface area contributed by atoms with Crippen LogP contribution in [0, 0.1) is 11.7 Å². The summed E-state index contributed by atoms with van der Waals surface area (Å²) in [6, 6.07) is 13.7. The maximum Gasteiger partial charge on any atom is 0.246 e. The molecule has 2 aromatic carbocycles. The standard InChI is InChI=1S/C24H30FN3O5S2/c1-34(30,31)26-20-13-15-27(16-14-20)24(29)19-11-12-22(18-7-3-2-4-8-18)28(17-19)35(32,33)23-10-6-5-9-21(23)25/h2-10,19-20,22,26H,11-17H2,1H3. The first-order valence-electron chi connectivity index (χ1n) is 11.6. The molecule has 2 fully saturated rings. The van der Waals surface area contributed by atoms with E-state index in [1.54, 1.807) is 4.90 Å². The van der Waals surface area contributed by atoms with Gasteiger partial charge < -0.3 is 4.90 Å². The molecule has 190 valence electrons. The molecule has 2 aliphatic heterocycles. The molecule has 1 amide bonds. The molecule has 2 unspecified atom stereocenters. The SMILES string of the molecule is CS(=O)(=O)NC1CCN(C(=O)C2CCC(c3ccccc3)N(S(=O)(=O)c3ccccc3F)C2)CC1. The van der Waals surface area contributed by atoms with Crippen molar-refractivity contribution in [3.05, 3.63) is 66.0 Å². The van der Waals surface area contributed by atoms with Crippen LogP contribution in [-0.2, 0) is 24.8 Å². The summed E-state index contributed by atoms with van der Waals surface area (Å²) in [7, 11) is -7.53. The Kier molecular flexibility index (Phi) is 7.60. The molecule has 2 saturated heterocycles. The smallest absolute Gasteiger partial charge is 0.246 e. The number of rotatable bonds is 6. The first kappa shape index (κ1) is 25.7. The van der Waals surface area contributed by atoms with Gasteiger partial charge in [-0.2, -0.15) is 4.31 Å². The highest BCUT2D eigenvalue weighted by Crippen LogP contribution is 2.38. The molecule has 1 N–H and O–H groups in total. The summed E-state index contributed by atoms with van der Waals surface area (Å²) in [4.78, 5) is 14.6. The maximum absolute atomic E-state index is 14.5. The molecule has 0 aliphatic carbocycles. The zero-order valence-corrected chi connectivity index (χ0v) is 21.1. The van der Waals surface area contributed by atoms with Crippen molar-refractivity contribution >= 4 is 26.0 Å². The Labute approximate surface area is 206 Å². The highest BCUT2D eigenvalue weighted by atomic mass is 32.2. The van der Waals surface area contributed by atoms with Crippen LogP contribution in [0.4, 0.5) is 4.39 Å². The minimum Gasteiger partial charge on any atom is -0.342 e. The normalized spacial score (nSPS) is 22.7. The van der Waals surface area contributed by atoms with E-state index >= 15 is 0 Å². The Bertz CT molecular complexity index is 1260.